The average molecular weight is 241 g/mol. The van der Waals surface area contributed by atoms with Gasteiger partial charge >= 0.3 is 6.18 Å². The zero-order valence-electron chi connectivity index (χ0n) is 8.34. The van der Waals surface area contributed by atoms with Crippen LogP contribution in [-0.4, -0.2) is 11.3 Å². The van der Waals surface area contributed by atoms with Crippen LogP contribution in [-0.2, 0) is 6.18 Å². The van der Waals surface area contributed by atoms with Gasteiger partial charge in [-0.25, -0.2) is 0 Å². The highest BCUT2D eigenvalue weighted by atomic mass is 19.4. The number of hydrogen-bond donors (Lipinski definition) is 1. The van der Waals surface area contributed by atoms with Crippen molar-refractivity contribution in [1.82, 2.24) is 4.98 Å². The molecule has 0 fully saturated rings. The van der Waals surface area contributed by atoms with E-state index in [1.807, 2.05) is 0 Å². The Morgan fingerprint density at radius 3 is 2.47 bits per heavy atom. The third kappa shape index (κ3) is 2.06. The van der Waals surface area contributed by atoms with Gasteiger partial charge in [-0.1, -0.05) is 0 Å². The maximum atomic E-state index is 12.7. The van der Waals surface area contributed by atoms with Crippen molar-refractivity contribution in [2.75, 3.05) is 0 Å². The molecule has 0 aliphatic rings. The van der Waals surface area contributed by atoms with Crippen molar-refractivity contribution in [3.8, 4) is 0 Å². The molecule has 2 rings (SSSR count). The van der Waals surface area contributed by atoms with Crippen LogP contribution in [0.2, 0.25) is 0 Å². The van der Waals surface area contributed by atoms with Crippen LogP contribution in [0, 0.1) is 0 Å². The number of halogens is 3. The van der Waals surface area contributed by atoms with Crippen LogP contribution in [0.4, 0.5) is 13.2 Å². The summed E-state index contributed by atoms with van der Waals surface area (Å²) in [4.78, 5) is 23.9. The Balaban J connectivity index is 2.89. The Bertz CT molecular complexity index is 643. The molecule has 0 aliphatic carbocycles. The van der Waals surface area contributed by atoms with Gasteiger partial charge in [0, 0.05) is 22.5 Å². The van der Waals surface area contributed by atoms with Gasteiger partial charge in [-0.05, 0) is 18.2 Å². The van der Waals surface area contributed by atoms with E-state index in [1.165, 1.54) is 12.1 Å². The highest BCUT2D eigenvalue weighted by molar-refractivity contribution is 5.89. The van der Waals surface area contributed by atoms with Crippen molar-refractivity contribution in [2.24, 2.45) is 0 Å². The summed E-state index contributed by atoms with van der Waals surface area (Å²) in [5.41, 5.74) is -1.70. The van der Waals surface area contributed by atoms with Gasteiger partial charge in [0.2, 0.25) is 5.56 Å². The molecule has 6 heteroatoms. The number of hydrogen-bond acceptors (Lipinski definition) is 2. The largest absolute Gasteiger partial charge is 0.417 e. The Labute approximate surface area is 92.9 Å². The van der Waals surface area contributed by atoms with E-state index in [2.05, 4.69) is 4.98 Å². The number of aromatic nitrogens is 1. The molecule has 1 aromatic heterocycles. The topological polar surface area (TPSA) is 49.9 Å². The van der Waals surface area contributed by atoms with Gasteiger partial charge in [-0.2, -0.15) is 13.2 Å². The summed E-state index contributed by atoms with van der Waals surface area (Å²) >= 11 is 0. The molecule has 0 saturated heterocycles. The molecule has 2 aromatic rings. The smallest absolute Gasteiger partial charge is 0.322 e. The summed E-state index contributed by atoms with van der Waals surface area (Å²) in [6.45, 7) is 0. The molecule has 1 N–H and O–H groups in total. The maximum Gasteiger partial charge on any atom is 0.417 e. The minimum atomic E-state index is -4.63. The maximum absolute atomic E-state index is 12.7. The molecule has 3 nitrogen and oxygen atoms in total. The molecule has 0 spiro atoms. The zero-order valence-corrected chi connectivity index (χ0v) is 8.34. The van der Waals surface area contributed by atoms with Crippen LogP contribution in [0.15, 0.2) is 29.1 Å². The third-order valence-electron chi connectivity index (χ3n) is 2.31. The van der Waals surface area contributed by atoms with E-state index in [1.54, 1.807) is 0 Å². The number of H-pyrrole nitrogens is 1. The molecule has 1 heterocycles. The Morgan fingerprint density at radius 2 is 1.88 bits per heavy atom. The molecule has 0 atom stereocenters. The molecule has 0 saturated carbocycles. The molecule has 0 amide bonds. The van der Waals surface area contributed by atoms with Gasteiger partial charge in [0.1, 0.15) is 6.29 Å². The second-order valence-corrected chi connectivity index (χ2v) is 3.47. The molecule has 0 radical (unpaired) electrons. The van der Waals surface area contributed by atoms with Crippen LogP contribution >= 0.6 is 0 Å². The lowest BCUT2D eigenvalue weighted by Crippen LogP contribution is -2.14. The first-order valence-electron chi connectivity index (χ1n) is 4.61. The van der Waals surface area contributed by atoms with Gasteiger partial charge < -0.3 is 4.98 Å². The lowest BCUT2D eigenvalue weighted by atomic mass is 10.1. The third-order valence-corrected chi connectivity index (χ3v) is 2.31. The Morgan fingerprint density at radius 1 is 1.18 bits per heavy atom. The average Bonchev–Trinajstić information content (AvgIpc) is 2.26. The number of fused-ring (bicyclic) bond motifs is 1. The van der Waals surface area contributed by atoms with Crippen molar-refractivity contribution in [2.45, 2.75) is 6.18 Å². The lowest BCUT2D eigenvalue weighted by Gasteiger charge is -2.09. The first kappa shape index (κ1) is 11.4. The van der Waals surface area contributed by atoms with Crippen LogP contribution in [0.25, 0.3) is 10.9 Å². The summed E-state index contributed by atoms with van der Waals surface area (Å²) in [6.07, 6.45) is -4.18. The quantitative estimate of drug-likeness (QED) is 0.779. The predicted octanol–water partition coefficient (Wildman–Crippen LogP) is 2.36. The Kier molecular flexibility index (Phi) is 2.49. The molecule has 1 aromatic carbocycles. The van der Waals surface area contributed by atoms with Crippen molar-refractivity contribution in [1.29, 1.82) is 0 Å². The monoisotopic (exact) mass is 241 g/mol. The van der Waals surface area contributed by atoms with Gasteiger partial charge in [0.25, 0.3) is 0 Å². The van der Waals surface area contributed by atoms with E-state index in [-0.39, 0.29) is 16.5 Å². The molecular formula is C11H6F3NO2. The molecule has 0 aliphatic heterocycles. The number of rotatable bonds is 1. The molecule has 0 bridgehead atoms. The number of nitrogens with one attached hydrogen (secondary N) is 1. The second kappa shape index (κ2) is 3.73. The molecule has 0 unspecified atom stereocenters. The second-order valence-electron chi connectivity index (χ2n) is 3.47. The predicted molar refractivity (Wildman–Crippen MR) is 55.0 cm³/mol. The fourth-order valence-electron chi connectivity index (χ4n) is 1.58. The van der Waals surface area contributed by atoms with E-state index in [0.717, 1.165) is 6.07 Å². The summed E-state index contributed by atoms with van der Waals surface area (Å²) in [6, 6.07) is 4.19. The molecular weight excluding hydrogens is 235 g/mol. The first-order valence-corrected chi connectivity index (χ1v) is 4.61. The van der Waals surface area contributed by atoms with Crippen molar-refractivity contribution in [3.63, 3.8) is 0 Å². The van der Waals surface area contributed by atoms with Gasteiger partial charge in [-0.3, -0.25) is 9.59 Å². The normalized spacial score (nSPS) is 11.7. The minimum absolute atomic E-state index is 0.0513. The van der Waals surface area contributed by atoms with Gasteiger partial charge in [-0.15, -0.1) is 0 Å². The fourth-order valence-corrected chi connectivity index (χ4v) is 1.58. The molecule has 17 heavy (non-hydrogen) atoms. The Hall–Kier alpha value is -2.11. The summed E-state index contributed by atoms with van der Waals surface area (Å²) < 4.78 is 38.1. The van der Waals surface area contributed by atoms with E-state index in [0.29, 0.717) is 12.4 Å². The number of benzene rings is 1. The number of aromatic amines is 1. The summed E-state index contributed by atoms with van der Waals surface area (Å²) in [5.74, 6) is 0. The van der Waals surface area contributed by atoms with Crippen LogP contribution in [0.1, 0.15) is 15.9 Å². The van der Waals surface area contributed by atoms with Crippen LogP contribution < -0.4 is 5.56 Å². The standard InChI is InChI=1S/C11H6F3NO2/c12-11(13,14)8-4-10(17)15-9-2-1-6(5-16)3-7(8)9/h1-5H,(H,15,17). The molecule has 88 valence electrons. The minimum Gasteiger partial charge on any atom is -0.322 e. The van der Waals surface area contributed by atoms with E-state index >= 15 is 0 Å². The van der Waals surface area contributed by atoms with Gasteiger partial charge in [0.05, 0.1) is 5.56 Å². The van der Waals surface area contributed by atoms with Crippen molar-refractivity contribution in [3.05, 3.63) is 45.7 Å². The van der Waals surface area contributed by atoms with E-state index in [9.17, 15) is 22.8 Å². The number of pyridine rings is 1. The number of carbonyl (C=O) groups excluding carboxylic acids is 1. The van der Waals surface area contributed by atoms with Crippen LogP contribution in [0.3, 0.4) is 0 Å². The highest BCUT2D eigenvalue weighted by Gasteiger charge is 2.33. The van der Waals surface area contributed by atoms with E-state index in [4.69, 9.17) is 0 Å². The van der Waals surface area contributed by atoms with Crippen LogP contribution in [0.5, 0.6) is 0 Å². The number of carbonyl (C=O) groups is 1. The zero-order chi connectivity index (χ0) is 12.6. The van der Waals surface area contributed by atoms with Crippen molar-refractivity contribution >= 4 is 17.2 Å². The SMILES string of the molecule is O=Cc1ccc2[nH]c(=O)cc(C(F)(F)F)c2c1. The first-order chi connectivity index (χ1) is 7.91. The van der Waals surface area contributed by atoms with Crippen molar-refractivity contribution < 1.29 is 18.0 Å². The fraction of sp³-hybridized carbons (Fsp3) is 0.0909. The summed E-state index contributed by atoms with van der Waals surface area (Å²) in [5, 5.41) is -0.193. The highest BCUT2D eigenvalue weighted by Crippen LogP contribution is 2.33. The van der Waals surface area contributed by atoms with E-state index < -0.39 is 17.3 Å². The lowest BCUT2D eigenvalue weighted by molar-refractivity contribution is -0.136. The number of alkyl halides is 3. The van der Waals surface area contributed by atoms with Gasteiger partial charge in [0.15, 0.2) is 0 Å². The number of aldehydes is 1. The summed E-state index contributed by atoms with van der Waals surface area (Å²) in [7, 11) is 0.